The summed E-state index contributed by atoms with van der Waals surface area (Å²) in [5.74, 6) is -0.698. The van der Waals surface area contributed by atoms with Crippen molar-refractivity contribution >= 4 is 24.2 Å². The fourth-order valence-electron chi connectivity index (χ4n) is 3.04. The molecule has 0 aromatic rings. The fourth-order valence-corrected chi connectivity index (χ4v) is 3.04. The molecule has 1 saturated heterocycles. The van der Waals surface area contributed by atoms with Gasteiger partial charge in [-0.2, -0.15) is 0 Å². The van der Waals surface area contributed by atoms with E-state index in [1.807, 2.05) is 13.8 Å². The quantitative estimate of drug-likeness (QED) is 0.342. The van der Waals surface area contributed by atoms with Crippen molar-refractivity contribution in [1.82, 2.24) is 21.3 Å². The summed E-state index contributed by atoms with van der Waals surface area (Å²) in [4.78, 5) is 48.2. The lowest BCUT2D eigenvalue weighted by molar-refractivity contribution is -0.131. The molecule has 0 bridgehead atoms. The third-order valence-corrected chi connectivity index (χ3v) is 4.56. The van der Waals surface area contributed by atoms with E-state index in [4.69, 9.17) is 9.47 Å². The first-order valence-electron chi connectivity index (χ1n) is 10.7. The van der Waals surface area contributed by atoms with Crippen LogP contribution in [0.5, 0.6) is 0 Å². The Morgan fingerprint density at radius 2 is 1.68 bits per heavy atom. The van der Waals surface area contributed by atoms with Gasteiger partial charge in [0, 0.05) is 6.54 Å². The molecule has 1 heterocycles. The van der Waals surface area contributed by atoms with Gasteiger partial charge in [0.05, 0.1) is 24.8 Å². The summed E-state index contributed by atoms with van der Waals surface area (Å²) >= 11 is 0. The van der Waals surface area contributed by atoms with Crippen LogP contribution in [0.2, 0.25) is 0 Å². The van der Waals surface area contributed by atoms with Crippen LogP contribution in [0.1, 0.15) is 54.9 Å². The minimum Gasteiger partial charge on any atom is -0.444 e. The lowest BCUT2D eigenvalue weighted by Crippen LogP contribution is -2.68. The number of rotatable bonds is 11. The summed E-state index contributed by atoms with van der Waals surface area (Å²) in [7, 11) is 0. The van der Waals surface area contributed by atoms with Gasteiger partial charge in [-0.3, -0.25) is 14.9 Å². The van der Waals surface area contributed by atoms with Crippen molar-refractivity contribution in [3.8, 4) is 0 Å². The van der Waals surface area contributed by atoms with Crippen LogP contribution in [-0.2, 0) is 23.9 Å². The number of hydrogen-bond donors (Lipinski definition) is 4. The average molecular weight is 443 g/mol. The van der Waals surface area contributed by atoms with E-state index in [1.54, 1.807) is 34.6 Å². The molecule has 0 saturated carbocycles. The second-order valence-electron chi connectivity index (χ2n) is 9.62. The van der Waals surface area contributed by atoms with Gasteiger partial charge >= 0.3 is 6.09 Å². The first-order valence-corrected chi connectivity index (χ1v) is 10.7. The Morgan fingerprint density at radius 3 is 2.13 bits per heavy atom. The van der Waals surface area contributed by atoms with Crippen LogP contribution >= 0.6 is 0 Å². The fraction of sp³-hybridized carbons (Fsp3) is 0.810. The van der Waals surface area contributed by atoms with E-state index in [0.29, 0.717) is 19.6 Å². The number of nitrogens with one attached hydrogen (secondary N) is 4. The maximum absolute atomic E-state index is 12.7. The molecular formula is C21H38N4O6. The molecule has 3 amide bonds. The SMILES string of the molecule is CC(C)C[C@H](NC(=O)OC(C)(C)C)C(=O)N[C@@H](C)C(=O)NCC1(N[C@@H](C)C=O)COC1. The number of hydrogen-bond acceptors (Lipinski definition) is 7. The summed E-state index contributed by atoms with van der Waals surface area (Å²) in [5, 5.41) is 11.2. The zero-order valence-electron chi connectivity index (χ0n) is 19.7. The number of ether oxygens (including phenoxy) is 2. The molecule has 1 rings (SSSR count). The molecule has 1 aliphatic rings. The highest BCUT2D eigenvalue weighted by molar-refractivity contribution is 5.91. The standard InChI is InChI=1S/C21H38N4O6/c1-13(2)8-16(24-19(29)31-20(5,6)7)18(28)23-15(4)17(27)22-10-21(11-30-12-21)25-14(3)9-26/h9,13-16,25H,8,10-12H2,1-7H3,(H,22,27)(H,23,28)(H,24,29)/t14-,15-,16-/m0/s1. The average Bonchev–Trinajstić information content (AvgIpc) is 2.60. The van der Waals surface area contributed by atoms with Crippen molar-refractivity contribution in [2.75, 3.05) is 19.8 Å². The predicted octanol–water partition coefficient (Wildman–Crippen LogP) is 0.493. The van der Waals surface area contributed by atoms with E-state index >= 15 is 0 Å². The van der Waals surface area contributed by atoms with Gasteiger partial charge in [0.15, 0.2) is 0 Å². The Bertz CT molecular complexity index is 642. The summed E-state index contributed by atoms with van der Waals surface area (Å²) in [5.41, 5.74) is -1.19. The molecule has 0 radical (unpaired) electrons. The number of carbonyl (C=O) groups excluding carboxylic acids is 4. The van der Waals surface area contributed by atoms with Crippen LogP contribution < -0.4 is 21.3 Å². The van der Waals surface area contributed by atoms with Gasteiger partial charge in [-0.25, -0.2) is 4.79 Å². The van der Waals surface area contributed by atoms with Gasteiger partial charge in [-0.15, -0.1) is 0 Å². The minimum absolute atomic E-state index is 0.138. The Balaban J connectivity index is 2.63. The molecule has 10 nitrogen and oxygen atoms in total. The second-order valence-corrected chi connectivity index (χ2v) is 9.62. The topological polar surface area (TPSA) is 135 Å². The van der Waals surface area contributed by atoms with E-state index in [0.717, 1.165) is 6.29 Å². The maximum atomic E-state index is 12.7. The van der Waals surface area contributed by atoms with Crippen molar-refractivity contribution in [3.63, 3.8) is 0 Å². The van der Waals surface area contributed by atoms with Crippen molar-refractivity contribution < 1.29 is 28.7 Å². The van der Waals surface area contributed by atoms with Crippen molar-refractivity contribution in [2.24, 2.45) is 5.92 Å². The van der Waals surface area contributed by atoms with Gasteiger partial charge in [0.25, 0.3) is 0 Å². The first-order chi connectivity index (χ1) is 14.3. The van der Waals surface area contributed by atoms with Gasteiger partial charge in [0.1, 0.15) is 24.0 Å². The third kappa shape index (κ3) is 9.65. The van der Waals surface area contributed by atoms with E-state index < -0.39 is 35.2 Å². The number of amides is 3. The van der Waals surface area contributed by atoms with Gasteiger partial charge in [0.2, 0.25) is 11.8 Å². The van der Waals surface area contributed by atoms with E-state index in [-0.39, 0.29) is 24.4 Å². The molecule has 0 aromatic carbocycles. The molecule has 3 atom stereocenters. The van der Waals surface area contributed by atoms with E-state index in [9.17, 15) is 19.2 Å². The summed E-state index contributed by atoms with van der Waals surface area (Å²) in [6, 6.07) is -2.01. The van der Waals surface area contributed by atoms with Crippen molar-refractivity contribution in [3.05, 3.63) is 0 Å². The molecule has 0 aliphatic carbocycles. The van der Waals surface area contributed by atoms with Gasteiger partial charge in [-0.1, -0.05) is 13.8 Å². The number of aldehydes is 1. The molecule has 0 aromatic heterocycles. The van der Waals surface area contributed by atoms with Crippen LogP contribution in [0.25, 0.3) is 0 Å². The maximum Gasteiger partial charge on any atom is 0.408 e. The molecular weight excluding hydrogens is 404 g/mol. The molecule has 0 spiro atoms. The molecule has 1 fully saturated rings. The van der Waals surface area contributed by atoms with Crippen LogP contribution in [0.15, 0.2) is 0 Å². The summed E-state index contributed by atoms with van der Waals surface area (Å²) < 4.78 is 10.5. The van der Waals surface area contributed by atoms with E-state index in [1.165, 1.54) is 0 Å². The Hall–Kier alpha value is -2.20. The Kier molecular flexibility index (Phi) is 9.89. The Morgan fingerprint density at radius 1 is 1.06 bits per heavy atom. The molecule has 178 valence electrons. The largest absolute Gasteiger partial charge is 0.444 e. The van der Waals surface area contributed by atoms with Crippen LogP contribution in [-0.4, -0.2) is 73.2 Å². The highest BCUT2D eigenvalue weighted by Crippen LogP contribution is 2.16. The number of carbonyl (C=O) groups is 4. The van der Waals surface area contributed by atoms with Crippen molar-refractivity contribution in [2.45, 2.75) is 84.2 Å². The first kappa shape index (κ1) is 26.8. The zero-order valence-corrected chi connectivity index (χ0v) is 19.7. The molecule has 0 unspecified atom stereocenters. The zero-order chi connectivity index (χ0) is 23.8. The van der Waals surface area contributed by atoms with Gasteiger partial charge in [-0.05, 0) is 47.0 Å². The molecule has 4 N–H and O–H groups in total. The van der Waals surface area contributed by atoms with E-state index in [2.05, 4.69) is 21.3 Å². The summed E-state index contributed by atoms with van der Waals surface area (Å²) in [6.45, 7) is 13.4. The Labute approximate surface area is 184 Å². The van der Waals surface area contributed by atoms with Crippen LogP contribution in [0.3, 0.4) is 0 Å². The highest BCUT2D eigenvalue weighted by atomic mass is 16.6. The predicted molar refractivity (Wildman–Crippen MR) is 115 cm³/mol. The van der Waals surface area contributed by atoms with Crippen molar-refractivity contribution in [1.29, 1.82) is 0 Å². The smallest absolute Gasteiger partial charge is 0.408 e. The molecule has 31 heavy (non-hydrogen) atoms. The minimum atomic E-state index is -0.827. The van der Waals surface area contributed by atoms with Crippen LogP contribution in [0, 0.1) is 5.92 Å². The van der Waals surface area contributed by atoms with Crippen LogP contribution in [0.4, 0.5) is 4.79 Å². The second kappa shape index (κ2) is 11.4. The monoisotopic (exact) mass is 442 g/mol. The molecule has 10 heteroatoms. The normalized spacial score (nSPS) is 18.2. The highest BCUT2D eigenvalue weighted by Gasteiger charge is 2.40. The summed E-state index contributed by atoms with van der Waals surface area (Å²) in [6.07, 6.45) is 0.498. The third-order valence-electron chi connectivity index (χ3n) is 4.56. The molecule has 1 aliphatic heterocycles. The lowest BCUT2D eigenvalue weighted by atomic mass is 9.96. The lowest BCUT2D eigenvalue weighted by Gasteiger charge is -2.43. The van der Waals surface area contributed by atoms with Gasteiger partial charge < -0.3 is 30.2 Å². The number of alkyl carbamates (subject to hydrolysis) is 1.